The number of ether oxygens (including phenoxy) is 1. The fraction of sp³-hybridized carbons (Fsp3) is 0.440. The second kappa shape index (κ2) is 9.96. The van der Waals surface area contributed by atoms with Crippen molar-refractivity contribution in [2.24, 2.45) is 0 Å². The molecule has 2 heterocycles. The maximum atomic E-state index is 13.1. The molecule has 0 radical (unpaired) electrons. The van der Waals surface area contributed by atoms with Crippen LogP contribution in [0.2, 0.25) is 0 Å². The number of benzene rings is 2. The highest BCUT2D eigenvalue weighted by atomic mass is 16.5. The Hall–Kier alpha value is -2.86. The number of carbonyl (C=O) groups excluding carboxylic acids is 2. The lowest BCUT2D eigenvalue weighted by atomic mass is 10.1. The van der Waals surface area contributed by atoms with Gasteiger partial charge in [0.15, 0.2) is 0 Å². The first-order valence-electron chi connectivity index (χ1n) is 11.2. The fourth-order valence-corrected chi connectivity index (χ4v) is 4.48. The van der Waals surface area contributed by atoms with E-state index >= 15 is 0 Å². The third kappa shape index (κ3) is 5.25. The molecule has 1 atom stereocenters. The summed E-state index contributed by atoms with van der Waals surface area (Å²) in [7, 11) is 1.62. The van der Waals surface area contributed by atoms with Gasteiger partial charge in [0.2, 0.25) is 0 Å². The molecule has 2 aromatic rings. The van der Waals surface area contributed by atoms with Gasteiger partial charge >= 0.3 is 0 Å². The van der Waals surface area contributed by atoms with Crippen molar-refractivity contribution in [2.45, 2.75) is 38.3 Å². The van der Waals surface area contributed by atoms with Crippen molar-refractivity contribution in [1.29, 1.82) is 0 Å². The first-order valence-corrected chi connectivity index (χ1v) is 11.2. The summed E-state index contributed by atoms with van der Waals surface area (Å²) in [6.45, 7) is 4.59. The van der Waals surface area contributed by atoms with E-state index in [1.54, 1.807) is 19.2 Å². The third-order valence-corrected chi connectivity index (χ3v) is 6.26. The Labute approximate surface area is 184 Å². The van der Waals surface area contributed by atoms with Crippen LogP contribution in [-0.4, -0.2) is 60.9 Å². The van der Waals surface area contributed by atoms with E-state index in [1.807, 2.05) is 36.4 Å². The van der Waals surface area contributed by atoms with E-state index in [-0.39, 0.29) is 11.8 Å². The highest BCUT2D eigenvalue weighted by Crippen LogP contribution is 2.24. The van der Waals surface area contributed by atoms with Crippen LogP contribution < -0.4 is 10.1 Å². The number of carbonyl (C=O) groups is 2. The van der Waals surface area contributed by atoms with Crippen molar-refractivity contribution in [3.63, 3.8) is 0 Å². The summed E-state index contributed by atoms with van der Waals surface area (Å²) in [6, 6.07) is 15.1. The van der Waals surface area contributed by atoms with E-state index in [9.17, 15) is 9.59 Å². The molecule has 0 aliphatic carbocycles. The van der Waals surface area contributed by atoms with Crippen LogP contribution in [-0.2, 0) is 6.61 Å². The second-order valence-corrected chi connectivity index (χ2v) is 8.39. The fourth-order valence-electron chi connectivity index (χ4n) is 4.48. The maximum Gasteiger partial charge on any atom is 0.254 e. The minimum atomic E-state index is -0.103. The van der Waals surface area contributed by atoms with Gasteiger partial charge in [-0.25, -0.2) is 0 Å². The lowest BCUT2D eigenvalue weighted by molar-refractivity contribution is 0.0708. The Bertz CT molecular complexity index is 889. The van der Waals surface area contributed by atoms with Crippen molar-refractivity contribution >= 4 is 11.8 Å². The molecule has 1 unspecified atom stereocenters. The predicted octanol–water partition coefficient (Wildman–Crippen LogP) is 3.33. The van der Waals surface area contributed by atoms with Crippen LogP contribution in [0.25, 0.3) is 0 Å². The van der Waals surface area contributed by atoms with Crippen molar-refractivity contribution in [3.05, 3.63) is 65.2 Å². The molecule has 2 aliphatic rings. The molecule has 4 rings (SSSR count). The van der Waals surface area contributed by atoms with Gasteiger partial charge in [-0.1, -0.05) is 12.1 Å². The Morgan fingerprint density at radius 1 is 0.935 bits per heavy atom. The summed E-state index contributed by atoms with van der Waals surface area (Å²) in [5, 5.41) is 2.61. The van der Waals surface area contributed by atoms with Gasteiger partial charge in [0.05, 0.1) is 0 Å². The van der Waals surface area contributed by atoms with Crippen molar-refractivity contribution in [1.82, 2.24) is 15.1 Å². The van der Waals surface area contributed by atoms with Crippen LogP contribution in [0.5, 0.6) is 5.75 Å². The van der Waals surface area contributed by atoms with Gasteiger partial charge in [0.1, 0.15) is 12.4 Å². The Kier molecular flexibility index (Phi) is 6.87. The Balaban J connectivity index is 1.32. The summed E-state index contributed by atoms with van der Waals surface area (Å²) >= 11 is 0. The summed E-state index contributed by atoms with van der Waals surface area (Å²) in [4.78, 5) is 29.2. The number of hydrogen-bond donors (Lipinski definition) is 1. The average Bonchev–Trinajstić information content (AvgIpc) is 3.50. The van der Waals surface area contributed by atoms with Gasteiger partial charge in [-0.05, 0) is 80.7 Å². The average molecular weight is 422 g/mol. The number of likely N-dealkylation sites (tertiary alicyclic amines) is 2. The molecule has 2 aromatic carbocycles. The van der Waals surface area contributed by atoms with Gasteiger partial charge < -0.3 is 19.9 Å². The zero-order valence-electron chi connectivity index (χ0n) is 18.2. The van der Waals surface area contributed by atoms with E-state index in [2.05, 4.69) is 15.1 Å². The highest BCUT2D eigenvalue weighted by Gasteiger charge is 2.31. The normalized spacial score (nSPS) is 18.9. The van der Waals surface area contributed by atoms with Crippen molar-refractivity contribution in [3.8, 4) is 5.75 Å². The lowest BCUT2D eigenvalue weighted by Gasteiger charge is -2.28. The maximum absolute atomic E-state index is 13.1. The third-order valence-electron chi connectivity index (χ3n) is 6.26. The number of amides is 2. The SMILES string of the molecule is CNC(=O)c1ccc(COc2ccc(C(=O)N3CCCC3CN3CCCC3)cc2)cc1. The first-order chi connectivity index (χ1) is 15.1. The molecule has 164 valence electrons. The Morgan fingerprint density at radius 2 is 1.61 bits per heavy atom. The molecule has 0 aromatic heterocycles. The summed E-state index contributed by atoms with van der Waals surface area (Å²) in [5.74, 6) is 0.744. The number of nitrogens with zero attached hydrogens (tertiary/aromatic N) is 2. The molecule has 2 saturated heterocycles. The Morgan fingerprint density at radius 3 is 2.29 bits per heavy atom. The monoisotopic (exact) mass is 421 g/mol. The topological polar surface area (TPSA) is 61.9 Å². The molecule has 31 heavy (non-hydrogen) atoms. The van der Waals surface area contributed by atoms with Gasteiger partial charge in [0, 0.05) is 37.3 Å². The molecule has 2 fully saturated rings. The molecule has 2 aliphatic heterocycles. The van der Waals surface area contributed by atoms with Crippen LogP contribution >= 0.6 is 0 Å². The van der Waals surface area contributed by atoms with E-state index in [0.717, 1.165) is 42.8 Å². The molecular formula is C25H31N3O3. The molecule has 0 spiro atoms. The minimum Gasteiger partial charge on any atom is -0.489 e. The number of rotatable bonds is 7. The van der Waals surface area contributed by atoms with E-state index in [4.69, 9.17) is 4.74 Å². The minimum absolute atomic E-state index is 0.103. The molecule has 0 saturated carbocycles. The van der Waals surface area contributed by atoms with Gasteiger partial charge in [-0.3, -0.25) is 9.59 Å². The van der Waals surface area contributed by atoms with Crippen LogP contribution in [0.3, 0.4) is 0 Å². The zero-order chi connectivity index (χ0) is 21.6. The summed E-state index contributed by atoms with van der Waals surface area (Å²) < 4.78 is 5.86. The number of nitrogens with one attached hydrogen (secondary N) is 1. The van der Waals surface area contributed by atoms with Crippen LogP contribution in [0.4, 0.5) is 0 Å². The van der Waals surface area contributed by atoms with E-state index in [1.165, 1.54) is 25.9 Å². The van der Waals surface area contributed by atoms with Crippen molar-refractivity contribution in [2.75, 3.05) is 33.2 Å². The van der Waals surface area contributed by atoms with Crippen molar-refractivity contribution < 1.29 is 14.3 Å². The second-order valence-electron chi connectivity index (χ2n) is 8.39. The summed E-state index contributed by atoms with van der Waals surface area (Å²) in [6.07, 6.45) is 4.74. The van der Waals surface area contributed by atoms with E-state index in [0.29, 0.717) is 18.2 Å². The molecular weight excluding hydrogens is 390 g/mol. The predicted molar refractivity (Wildman–Crippen MR) is 120 cm³/mol. The summed E-state index contributed by atoms with van der Waals surface area (Å²) in [5.41, 5.74) is 2.32. The quantitative estimate of drug-likeness (QED) is 0.745. The molecule has 6 heteroatoms. The van der Waals surface area contributed by atoms with Crippen LogP contribution in [0.15, 0.2) is 48.5 Å². The molecule has 1 N–H and O–H groups in total. The molecule has 6 nitrogen and oxygen atoms in total. The highest BCUT2D eigenvalue weighted by molar-refractivity contribution is 5.95. The lowest BCUT2D eigenvalue weighted by Crippen LogP contribution is -2.42. The zero-order valence-corrected chi connectivity index (χ0v) is 18.2. The van der Waals surface area contributed by atoms with Crippen LogP contribution in [0, 0.1) is 0 Å². The van der Waals surface area contributed by atoms with E-state index < -0.39 is 0 Å². The molecule has 0 bridgehead atoms. The first kappa shape index (κ1) is 21.4. The molecule has 2 amide bonds. The van der Waals surface area contributed by atoms with Gasteiger partial charge in [-0.15, -0.1) is 0 Å². The number of hydrogen-bond acceptors (Lipinski definition) is 4. The van der Waals surface area contributed by atoms with Gasteiger partial charge in [0.25, 0.3) is 11.8 Å². The standard InChI is InChI=1S/C25H31N3O3/c1-26-24(29)20-8-6-19(7-9-20)18-31-23-12-10-21(11-13-23)25(30)28-16-4-5-22(28)17-27-14-2-3-15-27/h6-13,22H,2-5,14-18H2,1H3,(H,26,29). The van der Waals surface area contributed by atoms with Gasteiger partial charge in [-0.2, -0.15) is 0 Å². The largest absolute Gasteiger partial charge is 0.489 e. The van der Waals surface area contributed by atoms with Crippen LogP contribution in [0.1, 0.15) is 52.0 Å². The smallest absolute Gasteiger partial charge is 0.254 e.